The molecule has 2 heterocycles. The molecule has 0 aliphatic carbocycles. The number of rotatable bonds is 7. The Bertz CT molecular complexity index is 819. The van der Waals surface area contributed by atoms with Gasteiger partial charge in [-0.3, -0.25) is 4.79 Å². The minimum Gasteiger partial charge on any atom is -0.491 e. The largest absolute Gasteiger partial charge is 0.491 e. The van der Waals surface area contributed by atoms with Gasteiger partial charge in [0, 0.05) is 12.5 Å². The number of nitrogens with zero attached hydrogens (tertiary/aromatic N) is 1. The lowest BCUT2D eigenvalue weighted by Gasteiger charge is -2.31. The summed E-state index contributed by atoms with van der Waals surface area (Å²) in [4.78, 5) is 13.2. The fourth-order valence-corrected chi connectivity index (χ4v) is 4.05. The second-order valence-corrected chi connectivity index (χ2v) is 7.98. The molecule has 9 heteroatoms. The predicted octanol–water partition coefficient (Wildman–Crippen LogP) is 3.37. The van der Waals surface area contributed by atoms with Gasteiger partial charge in [-0.2, -0.15) is 24.5 Å². The van der Waals surface area contributed by atoms with E-state index in [0.29, 0.717) is 43.6 Å². The highest BCUT2D eigenvalue weighted by molar-refractivity contribution is 7.08. The Kier molecular flexibility index (Phi) is 6.81. The quantitative estimate of drug-likeness (QED) is 0.709. The highest BCUT2D eigenvalue weighted by Gasteiger charge is 2.32. The molecule has 1 aromatic heterocycles. The highest BCUT2D eigenvalue weighted by atomic mass is 32.1. The van der Waals surface area contributed by atoms with E-state index in [2.05, 4.69) is 0 Å². The first-order valence-electron chi connectivity index (χ1n) is 9.30. The Balaban J connectivity index is 1.61. The van der Waals surface area contributed by atoms with Gasteiger partial charge in [-0.25, -0.2) is 0 Å². The number of β-amino-alcohol motifs (C(OH)–C–C–N with tert-alkyl or cyclic N) is 1. The van der Waals surface area contributed by atoms with Gasteiger partial charge in [0.1, 0.15) is 18.5 Å². The Morgan fingerprint density at radius 1 is 1.28 bits per heavy atom. The highest BCUT2D eigenvalue weighted by Crippen LogP contribution is 2.36. The molecule has 1 atom stereocenters. The maximum atomic E-state index is 13.2. The Hall–Kier alpha value is -2.10. The number of piperidine rings is 1. The maximum absolute atomic E-state index is 13.2. The van der Waals surface area contributed by atoms with E-state index in [1.54, 1.807) is 22.9 Å². The van der Waals surface area contributed by atoms with Crippen LogP contribution in [0.2, 0.25) is 0 Å². The van der Waals surface area contributed by atoms with E-state index in [1.807, 2.05) is 4.90 Å². The molecule has 0 saturated carbocycles. The number of nitrogens with two attached hydrogens (primary N) is 1. The molecule has 3 rings (SSSR count). The van der Waals surface area contributed by atoms with Crippen molar-refractivity contribution < 1.29 is 27.8 Å². The first-order chi connectivity index (χ1) is 13.7. The summed E-state index contributed by atoms with van der Waals surface area (Å²) in [6, 6.07) is 5.33. The third-order valence-electron chi connectivity index (χ3n) is 4.99. The fraction of sp³-hybridized carbons (Fsp3) is 0.450. The van der Waals surface area contributed by atoms with Crippen molar-refractivity contribution in [1.82, 2.24) is 4.90 Å². The van der Waals surface area contributed by atoms with Crippen molar-refractivity contribution in [3.63, 3.8) is 0 Å². The molecule has 0 spiro atoms. The van der Waals surface area contributed by atoms with E-state index in [9.17, 15) is 23.1 Å². The van der Waals surface area contributed by atoms with Gasteiger partial charge in [-0.1, -0.05) is 0 Å². The van der Waals surface area contributed by atoms with Crippen LogP contribution in [0.4, 0.5) is 13.2 Å². The number of thiophene rings is 1. The van der Waals surface area contributed by atoms with Crippen molar-refractivity contribution in [2.45, 2.75) is 25.1 Å². The lowest BCUT2D eigenvalue weighted by atomic mass is 9.96. The first-order valence-corrected chi connectivity index (χ1v) is 10.2. The number of hydrogen-bond acceptors (Lipinski definition) is 5. The first kappa shape index (κ1) is 21.6. The Labute approximate surface area is 170 Å². The fourth-order valence-electron chi connectivity index (χ4n) is 3.38. The molecule has 1 saturated heterocycles. The van der Waals surface area contributed by atoms with Gasteiger partial charge in [0.15, 0.2) is 0 Å². The molecule has 1 aromatic carbocycles. The zero-order valence-electron chi connectivity index (χ0n) is 15.7. The van der Waals surface area contributed by atoms with Crippen LogP contribution in [-0.2, 0) is 11.0 Å². The summed E-state index contributed by atoms with van der Waals surface area (Å²) < 4.78 is 45.2. The van der Waals surface area contributed by atoms with Crippen molar-refractivity contribution in [2.75, 3.05) is 26.2 Å². The monoisotopic (exact) mass is 428 g/mol. The van der Waals surface area contributed by atoms with Gasteiger partial charge in [-0.15, -0.1) is 0 Å². The van der Waals surface area contributed by atoms with Crippen LogP contribution in [0.15, 0.2) is 35.0 Å². The third-order valence-corrected chi connectivity index (χ3v) is 5.67. The number of ether oxygens (including phenoxy) is 1. The van der Waals surface area contributed by atoms with Crippen LogP contribution in [0.5, 0.6) is 5.75 Å². The molecule has 29 heavy (non-hydrogen) atoms. The second kappa shape index (κ2) is 9.15. The zero-order valence-corrected chi connectivity index (χ0v) is 16.5. The van der Waals surface area contributed by atoms with E-state index < -0.39 is 17.8 Å². The van der Waals surface area contributed by atoms with Crippen molar-refractivity contribution >= 4 is 17.2 Å². The molecular formula is C20H23F3N2O3S. The number of alkyl halides is 3. The van der Waals surface area contributed by atoms with E-state index in [0.717, 1.165) is 12.1 Å². The summed E-state index contributed by atoms with van der Waals surface area (Å²) in [5.74, 6) is -0.382. The van der Waals surface area contributed by atoms with Crippen molar-refractivity contribution in [2.24, 2.45) is 11.7 Å². The molecule has 0 radical (unpaired) electrons. The molecule has 1 aliphatic rings. The summed E-state index contributed by atoms with van der Waals surface area (Å²) in [6.07, 6.45) is -4.08. The summed E-state index contributed by atoms with van der Waals surface area (Å²) >= 11 is 1.40. The molecule has 1 fully saturated rings. The molecule has 1 aliphatic heterocycles. The summed E-state index contributed by atoms with van der Waals surface area (Å²) in [5.41, 5.74) is 5.62. The van der Waals surface area contributed by atoms with Gasteiger partial charge >= 0.3 is 6.18 Å². The normalized spacial score (nSPS) is 17.2. The van der Waals surface area contributed by atoms with Gasteiger partial charge in [0.2, 0.25) is 5.91 Å². The van der Waals surface area contributed by atoms with Gasteiger partial charge < -0.3 is 20.5 Å². The Morgan fingerprint density at radius 3 is 2.59 bits per heavy atom. The summed E-state index contributed by atoms with van der Waals surface area (Å²) in [6.45, 7) is 1.47. The standard InChI is InChI=1S/C20H23F3N2O3S/c21-20(22,23)16-7-15(14-3-6-29-12-14)8-18(9-16)28-11-17(26)10-25-4-1-13(2-5-25)19(24)27/h3,6-9,12-13,17,26H,1-2,4-5,10-11H2,(H2,24,27). The number of aliphatic hydroxyl groups excluding tert-OH is 1. The van der Waals surface area contributed by atoms with Crippen molar-refractivity contribution in [1.29, 1.82) is 0 Å². The van der Waals surface area contributed by atoms with Crippen LogP contribution in [0.1, 0.15) is 18.4 Å². The van der Waals surface area contributed by atoms with Crippen molar-refractivity contribution in [3.05, 3.63) is 40.6 Å². The average Bonchev–Trinajstić information content (AvgIpc) is 3.21. The predicted molar refractivity (Wildman–Crippen MR) is 105 cm³/mol. The number of hydrogen-bond donors (Lipinski definition) is 2. The minimum absolute atomic E-state index is 0.0625. The number of benzene rings is 1. The van der Waals surface area contributed by atoms with Crippen LogP contribution in [0, 0.1) is 5.92 Å². The van der Waals surface area contributed by atoms with E-state index in [-0.39, 0.29) is 24.2 Å². The number of carbonyl (C=O) groups excluding carboxylic acids is 1. The number of carbonyl (C=O) groups is 1. The van der Waals surface area contributed by atoms with E-state index in [4.69, 9.17) is 10.5 Å². The average molecular weight is 428 g/mol. The molecule has 1 unspecified atom stereocenters. The van der Waals surface area contributed by atoms with Crippen molar-refractivity contribution in [3.8, 4) is 16.9 Å². The molecule has 0 bridgehead atoms. The molecule has 3 N–H and O–H groups in total. The number of primary amides is 1. The molecular weight excluding hydrogens is 405 g/mol. The van der Waals surface area contributed by atoms with Gasteiger partial charge in [0.05, 0.1) is 5.56 Å². The SMILES string of the molecule is NC(=O)C1CCN(CC(O)COc2cc(-c3ccsc3)cc(C(F)(F)F)c2)CC1. The molecule has 5 nitrogen and oxygen atoms in total. The number of likely N-dealkylation sites (tertiary alicyclic amines) is 1. The molecule has 2 aromatic rings. The smallest absolute Gasteiger partial charge is 0.416 e. The number of aliphatic hydroxyl groups is 1. The molecule has 158 valence electrons. The van der Waals surface area contributed by atoms with Crippen LogP contribution >= 0.6 is 11.3 Å². The summed E-state index contributed by atoms with van der Waals surface area (Å²) in [5, 5.41) is 13.8. The second-order valence-electron chi connectivity index (χ2n) is 7.20. The summed E-state index contributed by atoms with van der Waals surface area (Å²) in [7, 11) is 0. The number of halogens is 3. The van der Waals surface area contributed by atoms with E-state index >= 15 is 0 Å². The lowest BCUT2D eigenvalue weighted by Crippen LogP contribution is -2.43. The van der Waals surface area contributed by atoms with Gasteiger partial charge in [-0.05, 0) is 72.1 Å². The topological polar surface area (TPSA) is 75.8 Å². The zero-order chi connectivity index (χ0) is 21.0. The van der Waals surface area contributed by atoms with Crippen LogP contribution in [-0.4, -0.2) is 48.3 Å². The number of amides is 1. The minimum atomic E-state index is -4.49. The molecule has 1 amide bonds. The van der Waals surface area contributed by atoms with Crippen LogP contribution in [0.25, 0.3) is 11.1 Å². The lowest BCUT2D eigenvalue weighted by molar-refractivity contribution is -0.137. The maximum Gasteiger partial charge on any atom is 0.416 e. The third kappa shape index (κ3) is 5.94. The van der Waals surface area contributed by atoms with Crippen LogP contribution in [0.3, 0.4) is 0 Å². The van der Waals surface area contributed by atoms with Crippen LogP contribution < -0.4 is 10.5 Å². The van der Waals surface area contributed by atoms with E-state index in [1.165, 1.54) is 11.3 Å². The van der Waals surface area contributed by atoms with Gasteiger partial charge in [0.25, 0.3) is 0 Å². The Morgan fingerprint density at radius 2 is 2.00 bits per heavy atom.